The van der Waals surface area contributed by atoms with Crippen molar-refractivity contribution in [3.63, 3.8) is 0 Å². The van der Waals surface area contributed by atoms with Crippen LogP contribution in [0.1, 0.15) is 38.7 Å². The molecule has 0 spiro atoms. The summed E-state index contributed by atoms with van der Waals surface area (Å²) in [6.45, 7) is 6.28. The largest absolute Gasteiger partial charge is 0.299 e. The van der Waals surface area contributed by atoms with Gasteiger partial charge < -0.3 is 0 Å². The van der Waals surface area contributed by atoms with Crippen LogP contribution in [0.4, 0.5) is 0 Å². The third-order valence-electron chi connectivity index (χ3n) is 3.80. The van der Waals surface area contributed by atoms with Crippen molar-refractivity contribution < 1.29 is 4.79 Å². The zero-order chi connectivity index (χ0) is 10.3. The second-order valence-electron chi connectivity index (χ2n) is 4.46. The van der Waals surface area contributed by atoms with Crippen LogP contribution >= 0.6 is 11.3 Å². The van der Waals surface area contributed by atoms with Crippen molar-refractivity contribution in [3.8, 4) is 0 Å². The number of carbonyl (C=O) groups is 1. The quantitative estimate of drug-likeness (QED) is 0.727. The Morgan fingerprint density at radius 2 is 2.29 bits per heavy atom. The first-order chi connectivity index (χ1) is 6.61. The third kappa shape index (κ3) is 1.10. The molecule has 1 nitrogen and oxygen atoms in total. The number of rotatable bonds is 2. The number of hydrogen-bond donors (Lipinski definition) is 0. The lowest BCUT2D eigenvalue weighted by atomic mass is 9.51. The lowest BCUT2D eigenvalue weighted by Gasteiger charge is -2.50. The maximum Gasteiger partial charge on any atom is 0.142 e. The Bertz CT molecular complexity index is 341. The highest BCUT2D eigenvalue weighted by molar-refractivity contribution is 7.08. The number of ketones is 1. The highest BCUT2D eigenvalue weighted by atomic mass is 32.1. The highest BCUT2D eigenvalue weighted by Gasteiger charge is 2.55. The van der Waals surface area contributed by atoms with E-state index in [1.54, 1.807) is 11.3 Å². The predicted molar refractivity (Wildman–Crippen MR) is 59.6 cm³/mol. The van der Waals surface area contributed by atoms with Gasteiger partial charge in [-0.2, -0.15) is 11.3 Å². The molecule has 3 atom stereocenters. The van der Waals surface area contributed by atoms with Gasteiger partial charge in [0.05, 0.1) is 0 Å². The van der Waals surface area contributed by atoms with Crippen molar-refractivity contribution in [3.05, 3.63) is 22.4 Å². The van der Waals surface area contributed by atoms with Crippen LogP contribution in [-0.2, 0) is 4.79 Å². The Labute approximate surface area is 89.1 Å². The molecular weight excluding hydrogens is 192 g/mol. The van der Waals surface area contributed by atoms with Crippen molar-refractivity contribution in [2.24, 2.45) is 11.3 Å². The molecule has 2 heteroatoms. The van der Waals surface area contributed by atoms with E-state index in [-0.39, 0.29) is 11.3 Å². The van der Waals surface area contributed by atoms with Gasteiger partial charge in [0.1, 0.15) is 5.78 Å². The van der Waals surface area contributed by atoms with Crippen LogP contribution in [0.3, 0.4) is 0 Å². The van der Waals surface area contributed by atoms with Gasteiger partial charge in [-0.1, -0.05) is 20.8 Å². The first-order valence-corrected chi connectivity index (χ1v) is 6.12. The average Bonchev–Trinajstić information content (AvgIpc) is 2.70. The minimum absolute atomic E-state index is 0.0967. The molecule has 0 aromatic carbocycles. The maximum absolute atomic E-state index is 11.8. The second-order valence-corrected chi connectivity index (χ2v) is 5.24. The number of hydrogen-bond acceptors (Lipinski definition) is 2. The van der Waals surface area contributed by atoms with Gasteiger partial charge in [0.15, 0.2) is 0 Å². The van der Waals surface area contributed by atoms with E-state index in [0.29, 0.717) is 11.7 Å². The molecule has 1 fully saturated rings. The van der Waals surface area contributed by atoms with Crippen molar-refractivity contribution in [1.29, 1.82) is 0 Å². The molecule has 0 radical (unpaired) electrons. The average molecular weight is 208 g/mol. The van der Waals surface area contributed by atoms with Gasteiger partial charge in [-0.25, -0.2) is 0 Å². The topological polar surface area (TPSA) is 17.1 Å². The lowest BCUT2D eigenvalue weighted by molar-refractivity contribution is -0.147. The van der Waals surface area contributed by atoms with Crippen molar-refractivity contribution in [1.82, 2.24) is 0 Å². The van der Waals surface area contributed by atoms with Crippen LogP contribution in [0.2, 0.25) is 0 Å². The Kier molecular flexibility index (Phi) is 2.26. The SMILES string of the molecule is CCC1(C)C(=O)C(C)C1c1ccsc1. The van der Waals surface area contributed by atoms with E-state index in [2.05, 4.69) is 37.6 Å². The summed E-state index contributed by atoms with van der Waals surface area (Å²) in [7, 11) is 0. The molecule has 14 heavy (non-hydrogen) atoms. The summed E-state index contributed by atoms with van der Waals surface area (Å²) in [4.78, 5) is 11.8. The molecule has 3 unspecified atom stereocenters. The molecule has 1 aromatic rings. The third-order valence-corrected chi connectivity index (χ3v) is 4.50. The van der Waals surface area contributed by atoms with E-state index in [1.165, 1.54) is 5.56 Å². The van der Waals surface area contributed by atoms with Crippen molar-refractivity contribution in [2.75, 3.05) is 0 Å². The van der Waals surface area contributed by atoms with Gasteiger partial charge in [0.25, 0.3) is 0 Å². The van der Waals surface area contributed by atoms with E-state index in [0.717, 1.165) is 6.42 Å². The molecule has 1 heterocycles. The summed E-state index contributed by atoms with van der Waals surface area (Å²) < 4.78 is 0. The minimum Gasteiger partial charge on any atom is -0.299 e. The molecule has 2 rings (SSSR count). The number of thiophene rings is 1. The second kappa shape index (κ2) is 3.20. The van der Waals surface area contributed by atoms with E-state index in [1.807, 2.05) is 0 Å². The molecule has 0 bridgehead atoms. The molecule has 0 aliphatic heterocycles. The van der Waals surface area contributed by atoms with Gasteiger partial charge in [-0.3, -0.25) is 4.79 Å². The maximum atomic E-state index is 11.8. The van der Waals surface area contributed by atoms with Crippen LogP contribution in [0, 0.1) is 11.3 Å². The smallest absolute Gasteiger partial charge is 0.142 e. The standard InChI is InChI=1S/C12H16OS/c1-4-12(3)10(8(2)11(12)13)9-5-6-14-7-9/h5-8,10H,4H2,1-3H3. The summed E-state index contributed by atoms with van der Waals surface area (Å²) in [6, 6.07) is 2.16. The van der Waals surface area contributed by atoms with Crippen molar-refractivity contribution in [2.45, 2.75) is 33.1 Å². The summed E-state index contributed by atoms with van der Waals surface area (Å²) in [6.07, 6.45) is 0.955. The summed E-state index contributed by atoms with van der Waals surface area (Å²) >= 11 is 1.72. The molecule has 0 N–H and O–H groups in total. The Morgan fingerprint density at radius 1 is 1.57 bits per heavy atom. The van der Waals surface area contributed by atoms with Gasteiger partial charge >= 0.3 is 0 Å². The highest BCUT2D eigenvalue weighted by Crippen LogP contribution is 2.55. The van der Waals surface area contributed by atoms with E-state index < -0.39 is 0 Å². The van der Waals surface area contributed by atoms with Gasteiger partial charge in [0.2, 0.25) is 0 Å². The molecule has 0 amide bonds. The lowest BCUT2D eigenvalue weighted by Crippen LogP contribution is -2.52. The Balaban J connectivity index is 2.32. The predicted octanol–water partition coefficient (Wildman–Crippen LogP) is 3.47. The summed E-state index contributed by atoms with van der Waals surface area (Å²) in [5, 5.41) is 4.28. The van der Waals surface area contributed by atoms with E-state index in [9.17, 15) is 4.79 Å². The molecule has 1 saturated carbocycles. The fourth-order valence-electron chi connectivity index (χ4n) is 2.78. The van der Waals surface area contributed by atoms with Gasteiger partial charge in [-0.15, -0.1) is 0 Å². The number of Topliss-reactive ketones (excluding diaryl/α,β-unsaturated/α-hetero) is 1. The van der Waals surface area contributed by atoms with Crippen LogP contribution in [-0.4, -0.2) is 5.78 Å². The first kappa shape index (κ1) is 9.91. The Hall–Kier alpha value is -0.630. The van der Waals surface area contributed by atoms with E-state index in [4.69, 9.17) is 0 Å². The summed E-state index contributed by atoms with van der Waals surface area (Å²) in [5.74, 6) is 1.11. The van der Waals surface area contributed by atoms with Crippen LogP contribution in [0.15, 0.2) is 16.8 Å². The number of carbonyl (C=O) groups excluding carboxylic acids is 1. The molecule has 1 aromatic heterocycles. The zero-order valence-corrected chi connectivity index (χ0v) is 9.73. The van der Waals surface area contributed by atoms with Gasteiger partial charge in [-0.05, 0) is 28.8 Å². The monoisotopic (exact) mass is 208 g/mol. The molecule has 0 saturated heterocycles. The van der Waals surface area contributed by atoms with Crippen LogP contribution in [0.25, 0.3) is 0 Å². The van der Waals surface area contributed by atoms with Crippen LogP contribution < -0.4 is 0 Å². The minimum atomic E-state index is -0.0967. The normalized spacial score (nSPS) is 36.9. The fraction of sp³-hybridized carbons (Fsp3) is 0.583. The molecule has 1 aliphatic rings. The summed E-state index contributed by atoms with van der Waals surface area (Å²) in [5.41, 5.74) is 1.26. The molecule has 76 valence electrons. The molecular formula is C12H16OS. The zero-order valence-electron chi connectivity index (χ0n) is 8.91. The Morgan fingerprint density at radius 3 is 2.79 bits per heavy atom. The van der Waals surface area contributed by atoms with Crippen LogP contribution in [0.5, 0.6) is 0 Å². The van der Waals surface area contributed by atoms with E-state index >= 15 is 0 Å². The van der Waals surface area contributed by atoms with Gasteiger partial charge in [0, 0.05) is 17.3 Å². The van der Waals surface area contributed by atoms with Crippen molar-refractivity contribution >= 4 is 17.1 Å². The first-order valence-electron chi connectivity index (χ1n) is 5.17. The molecule has 1 aliphatic carbocycles. The fourth-order valence-corrected chi connectivity index (χ4v) is 3.48.